The smallest absolute Gasteiger partial charge is 0.310 e. The molecular weight excluding hydrogens is 225 g/mol. The van der Waals surface area contributed by atoms with Crippen LogP contribution in [0.1, 0.15) is 5.56 Å². The maximum atomic E-state index is 12.7. The van der Waals surface area contributed by atoms with E-state index < -0.39 is 5.82 Å². The third kappa shape index (κ3) is 2.66. The summed E-state index contributed by atoms with van der Waals surface area (Å²) < 4.78 is 18.6. The summed E-state index contributed by atoms with van der Waals surface area (Å²) in [5.74, 6) is -0.266. The molecule has 0 amide bonds. The zero-order chi connectivity index (χ0) is 12.3. The van der Waals surface area contributed by atoms with Crippen LogP contribution >= 0.6 is 0 Å². The van der Waals surface area contributed by atoms with Gasteiger partial charge < -0.3 is 4.74 Å². The summed E-state index contributed by atoms with van der Waals surface area (Å²) in [4.78, 5) is 15.1. The number of hydrogen-bond acceptors (Lipinski definition) is 4. The topological polar surface area (TPSA) is 57.0 Å². The Labute approximate surface area is 96.9 Å². The van der Waals surface area contributed by atoms with E-state index in [1.165, 1.54) is 24.2 Å². The predicted octanol–water partition coefficient (Wildman–Crippen LogP) is 1.12. The molecule has 5 nitrogen and oxygen atoms in total. The second kappa shape index (κ2) is 4.73. The van der Waals surface area contributed by atoms with Gasteiger partial charge in [-0.1, -0.05) is 6.07 Å². The molecule has 0 aliphatic carbocycles. The molecule has 0 spiro atoms. The van der Waals surface area contributed by atoms with Crippen molar-refractivity contribution in [3.05, 3.63) is 42.1 Å². The number of nitrogens with zero attached hydrogens (tertiary/aromatic N) is 3. The first-order chi connectivity index (χ1) is 8.19. The van der Waals surface area contributed by atoms with Gasteiger partial charge in [0, 0.05) is 6.20 Å². The van der Waals surface area contributed by atoms with Crippen molar-refractivity contribution in [1.29, 1.82) is 0 Å². The number of esters is 1. The van der Waals surface area contributed by atoms with Gasteiger partial charge in [0.15, 0.2) is 11.6 Å². The van der Waals surface area contributed by atoms with Gasteiger partial charge in [0.25, 0.3) is 0 Å². The Hall–Kier alpha value is -2.24. The third-order valence-corrected chi connectivity index (χ3v) is 2.17. The number of halogens is 1. The van der Waals surface area contributed by atoms with E-state index in [-0.39, 0.29) is 12.4 Å². The standard InChI is InChI=1S/C11H10FN3O2/c1-17-11(16)4-8-2-3-10(13-5-8)15-7-9(12)6-14-15/h2-3,5-7H,4H2,1H3. The number of ether oxygens (including phenoxy) is 1. The van der Waals surface area contributed by atoms with Crippen LogP contribution in [-0.4, -0.2) is 27.8 Å². The van der Waals surface area contributed by atoms with E-state index in [9.17, 15) is 9.18 Å². The molecule has 6 heteroatoms. The van der Waals surface area contributed by atoms with Gasteiger partial charge in [-0.3, -0.25) is 4.79 Å². The predicted molar refractivity (Wildman–Crippen MR) is 57.0 cm³/mol. The van der Waals surface area contributed by atoms with E-state index in [2.05, 4.69) is 14.8 Å². The van der Waals surface area contributed by atoms with Crippen molar-refractivity contribution in [3.8, 4) is 5.82 Å². The van der Waals surface area contributed by atoms with Gasteiger partial charge in [0.1, 0.15) is 0 Å². The fourth-order valence-corrected chi connectivity index (χ4v) is 1.32. The van der Waals surface area contributed by atoms with Gasteiger partial charge >= 0.3 is 5.97 Å². The molecule has 0 N–H and O–H groups in total. The molecule has 88 valence electrons. The molecule has 0 atom stereocenters. The molecule has 17 heavy (non-hydrogen) atoms. The van der Waals surface area contributed by atoms with Crippen molar-refractivity contribution in [2.75, 3.05) is 7.11 Å². The number of pyridine rings is 1. The van der Waals surface area contributed by atoms with Crippen molar-refractivity contribution < 1.29 is 13.9 Å². The first kappa shape index (κ1) is 11.3. The molecule has 0 bridgehead atoms. The van der Waals surface area contributed by atoms with Gasteiger partial charge in [-0.25, -0.2) is 14.1 Å². The highest BCUT2D eigenvalue weighted by Gasteiger charge is 2.05. The number of rotatable bonds is 3. The summed E-state index contributed by atoms with van der Waals surface area (Å²) in [6.45, 7) is 0. The van der Waals surface area contributed by atoms with Crippen LogP contribution in [0, 0.1) is 5.82 Å². The second-order valence-electron chi connectivity index (χ2n) is 3.38. The van der Waals surface area contributed by atoms with E-state index in [1.54, 1.807) is 12.1 Å². The minimum atomic E-state index is -0.426. The first-order valence-electron chi connectivity index (χ1n) is 4.91. The van der Waals surface area contributed by atoms with Gasteiger partial charge in [-0.15, -0.1) is 0 Å². The van der Waals surface area contributed by atoms with E-state index in [1.807, 2.05) is 0 Å². The zero-order valence-corrected chi connectivity index (χ0v) is 9.13. The highest BCUT2D eigenvalue weighted by atomic mass is 19.1. The molecule has 0 saturated carbocycles. The Morgan fingerprint density at radius 2 is 2.29 bits per heavy atom. The molecule has 0 aromatic carbocycles. The monoisotopic (exact) mass is 235 g/mol. The number of methoxy groups -OCH3 is 1. The van der Waals surface area contributed by atoms with Crippen molar-refractivity contribution in [1.82, 2.24) is 14.8 Å². The van der Waals surface area contributed by atoms with E-state index >= 15 is 0 Å². The molecule has 0 radical (unpaired) electrons. The van der Waals surface area contributed by atoms with Gasteiger partial charge in [-0.2, -0.15) is 5.10 Å². The summed E-state index contributed by atoms with van der Waals surface area (Å²) in [7, 11) is 1.33. The van der Waals surface area contributed by atoms with Gasteiger partial charge in [0.2, 0.25) is 0 Å². The van der Waals surface area contributed by atoms with E-state index in [0.29, 0.717) is 5.82 Å². The fourth-order valence-electron chi connectivity index (χ4n) is 1.32. The minimum absolute atomic E-state index is 0.164. The molecule has 2 rings (SSSR count). The highest BCUT2D eigenvalue weighted by molar-refractivity contribution is 5.72. The Balaban J connectivity index is 2.15. The zero-order valence-electron chi connectivity index (χ0n) is 9.13. The molecule has 2 aromatic heterocycles. The normalized spacial score (nSPS) is 10.2. The molecule has 2 heterocycles. The van der Waals surface area contributed by atoms with Crippen LogP contribution in [0.2, 0.25) is 0 Å². The van der Waals surface area contributed by atoms with Crippen molar-refractivity contribution in [2.24, 2.45) is 0 Å². The van der Waals surface area contributed by atoms with Crippen molar-refractivity contribution >= 4 is 5.97 Å². The highest BCUT2D eigenvalue weighted by Crippen LogP contribution is 2.07. The van der Waals surface area contributed by atoms with Crippen molar-refractivity contribution in [3.63, 3.8) is 0 Å². The summed E-state index contributed by atoms with van der Waals surface area (Å²) in [5, 5.41) is 3.78. The molecule has 0 aliphatic rings. The number of aromatic nitrogens is 3. The summed E-state index contributed by atoms with van der Waals surface area (Å²) >= 11 is 0. The third-order valence-electron chi connectivity index (χ3n) is 2.17. The van der Waals surface area contributed by atoms with Crippen LogP contribution in [0.5, 0.6) is 0 Å². The molecule has 0 aliphatic heterocycles. The van der Waals surface area contributed by atoms with Crippen LogP contribution < -0.4 is 0 Å². The van der Waals surface area contributed by atoms with Gasteiger partial charge in [0.05, 0.1) is 25.9 Å². The van der Waals surface area contributed by atoms with Crippen LogP contribution in [0.4, 0.5) is 4.39 Å². The fraction of sp³-hybridized carbons (Fsp3) is 0.182. The van der Waals surface area contributed by atoms with E-state index in [0.717, 1.165) is 11.8 Å². The lowest BCUT2D eigenvalue weighted by Gasteiger charge is -2.02. The van der Waals surface area contributed by atoms with Crippen LogP contribution in [0.3, 0.4) is 0 Å². The van der Waals surface area contributed by atoms with Crippen molar-refractivity contribution in [2.45, 2.75) is 6.42 Å². The first-order valence-corrected chi connectivity index (χ1v) is 4.91. The summed E-state index contributed by atoms with van der Waals surface area (Å²) in [6, 6.07) is 3.38. The average molecular weight is 235 g/mol. The minimum Gasteiger partial charge on any atom is -0.469 e. The molecule has 0 fully saturated rings. The SMILES string of the molecule is COC(=O)Cc1ccc(-n2cc(F)cn2)nc1. The molecule has 0 saturated heterocycles. The average Bonchev–Trinajstić information content (AvgIpc) is 2.77. The van der Waals surface area contributed by atoms with Crippen LogP contribution in [0.25, 0.3) is 5.82 Å². The number of hydrogen-bond donors (Lipinski definition) is 0. The summed E-state index contributed by atoms with van der Waals surface area (Å²) in [5.41, 5.74) is 0.730. The van der Waals surface area contributed by atoms with E-state index in [4.69, 9.17) is 0 Å². The quantitative estimate of drug-likeness (QED) is 0.748. The number of carbonyl (C=O) groups is 1. The lowest BCUT2D eigenvalue weighted by molar-refractivity contribution is -0.139. The Morgan fingerprint density at radius 1 is 1.47 bits per heavy atom. The molecule has 0 unspecified atom stereocenters. The largest absolute Gasteiger partial charge is 0.469 e. The molecule has 2 aromatic rings. The Morgan fingerprint density at radius 3 is 2.82 bits per heavy atom. The Bertz CT molecular complexity index is 522. The Kier molecular flexibility index (Phi) is 3.13. The maximum Gasteiger partial charge on any atom is 0.310 e. The molecular formula is C11H10FN3O2. The second-order valence-corrected chi connectivity index (χ2v) is 3.38. The lowest BCUT2D eigenvalue weighted by Crippen LogP contribution is -2.05. The summed E-state index contributed by atoms with van der Waals surface area (Å²) in [6.07, 6.45) is 4.02. The lowest BCUT2D eigenvalue weighted by atomic mass is 10.2. The van der Waals surface area contributed by atoms with Crippen LogP contribution in [0.15, 0.2) is 30.7 Å². The van der Waals surface area contributed by atoms with Gasteiger partial charge in [-0.05, 0) is 11.6 Å². The number of carbonyl (C=O) groups excluding carboxylic acids is 1. The maximum absolute atomic E-state index is 12.7. The van der Waals surface area contributed by atoms with Crippen LogP contribution in [-0.2, 0) is 16.0 Å².